The van der Waals surface area contributed by atoms with E-state index >= 15 is 0 Å². The Labute approximate surface area is 170 Å². The number of benzene rings is 2. The number of carbonyl (C=O) groups is 3. The molecule has 1 aliphatic rings. The minimum Gasteiger partial charge on any atom is -0.324 e. The SMILES string of the molecule is CCN(C)C(C(=O)Nc1cccc(N2C(=O)NC(C)(C)C2=O)c1)c1ccccc1. The third-order valence-corrected chi connectivity index (χ3v) is 5.04. The molecule has 7 nitrogen and oxygen atoms in total. The van der Waals surface area contributed by atoms with Crippen molar-refractivity contribution in [1.82, 2.24) is 10.2 Å². The molecule has 2 N–H and O–H groups in total. The molecule has 1 aliphatic heterocycles. The van der Waals surface area contributed by atoms with Gasteiger partial charge < -0.3 is 10.6 Å². The van der Waals surface area contributed by atoms with Gasteiger partial charge in [0.15, 0.2) is 0 Å². The molecule has 0 spiro atoms. The summed E-state index contributed by atoms with van der Waals surface area (Å²) < 4.78 is 0. The van der Waals surface area contributed by atoms with Crippen LogP contribution in [0.15, 0.2) is 54.6 Å². The van der Waals surface area contributed by atoms with Crippen molar-refractivity contribution in [2.24, 2.45) is 0 Å². The summed E-state index contributed by atoms with van der Waals surface area (Å²) in [7, 11) is 1.89. The number of carbonyl (C=O) groups excluding carboxylic acids is 3. The monoisotopic (exact) mass is 394 g/mol. The molecule has 1 unspecified atom stereocenters. The van der Waals surface area contributed by atoms with Crippen LogP contribution < -0.4 is 15.5 Å². The Morgan fingerprint density at radius 1 is 1.14 bits per heavy atom. The second-order valence-corrected chi connectivity index (χ2v) is 7.62. The molecule has 0 bridgehead atoms. The van der Waals surface area contributed by atoms with Gasteiger partial charge in [-0.25, -0.2) is 9.69 Å². The number of rotatable bonds is 6. The van der Waals surface area contributed by atoms with Crippen molar-refractivity contribution in [2.75, 3.05) is 23.8 Å². The number of imide groups is 1. The van der Waals surface area contributed by atoms with Gasteiger partial charge in [-0.15, -0.1) is 0 Å². The van der Waals surface area contributed by atoms with Crippen molar-refractivity contribution in [3.8, 4) is 0 Å². The van der Waals surface area contributed by atoms with E-state index in [1.54, 1.807) is 38.1 Å². The van der Waals surface area contributed by atoms with Crippen molar-refractivity contribution >= 4 is 29.2 Å². The Morgan fingerprint density at radius 3 is 2.41 bits per heavy atom. The van der Waals surface area contributed by atoms with Crippen LogP contribution in [0.2, 0.25) is 0 Å². The predicted molar refractivity (Wildman–Crippen MR) is 113 cm³/mol. The zero-order chi connectivity index (χ0) is 21.2. The second-order valence-electron chi connectivity index (χ2n) is 7.62. The molecule has 7 heteroatoms. The summed E-state index contributed by atoms with van der Waals surface area (Å²) >= 11 is 0. The van der Waals surface area contributed by atoms with Gasteiger partial charge in [0.25, 0.3) is 5.91 Å². The first-order valence-electron chi connectivity index (χ1n) is 9.57. The Kier molecular flexibility index (Phi) is 5.70. The quantitative estimate of drug-likeness (QED) is 0.738. The van der Waals surface area contributed by atoms with Crippen LogP contribution >= 0.6 is 0 Å². The lowest BCUT2D eigenvalue weighted by atomic mass is 10.0. The Balaban J connectivity index is 1.85. The molecule has 1 heterocycles. The van der Waals surface area contributed by atoms with Crippen LogP contribution in [0.25, 0.3) is 0 Å². The molecule has 4 amide bonds. The van der Waals surface area contributed by atoms with Crippen LogP contribution in [0.5, 0.6) is 0 Å². The minimum atomic E-state index is -0.960. The zero-order valence-corrected chi connectivity index (χ0v) is 17.1. The van der Waals surface area contributed by atoms with Crippen LogP contribution in [0.4, 0.5) is 16.2 Å². The molecule has 2 aromatic carbocycles. The van der Waals surface area contributed by atoms with Crippen LogP contribution in [0, 0.1) is 0 Å². The van der Waals surface area contributed by atoms with Crippen LogP contribution in [-0.4, -0.2) is 41.9 Å². The molecule has 2 aromatic rings. The van der Waals surface area contributed by atoms with Crippen molar-refractivity contribution in [1.29, 1.82) is 0 Å². The number of nitrogens with zero attached hydrogens (tertiary/aromatic N) is 2. The van der Waals surface area contributed by atoms with Gasteiger partial charge in [0.1, 0.15) is 11.6 Å². The highest BCUT2D eigenvalue weighted by Gasteiger charge is 2.45. The van der Waals surface area contributed by atoms with E-state index in [-0.39, 0.29) is 11.8 Å². The summed E-state index contributed by atoms with van der Waals surface area (Å²) in [5.41, 5.74) is 0.860. The van der Waals surface area contributed by atoms with Crippen LogP contribution in [0.1, 0.15) is 32.4 Å². The summed E-state index contributed by atoms with van der Waals surface area (Å²) in [6.07, 6.45) is 0. The molecular formula is C22H26N4O3. The first-order valence-corrected chi connectivity index (χ1v) is 9.57. The fraction of sp³-hybridized carbons (Fsp3) is 0.318. The molecule has 152 valence electrons. The lowest BCUT2D eigenvalue weighted by Gasteiger charge is -2.26. The van der Waals surface area contributed by atoms with Crippen LogP contribution in [-0.2, 0) is 9.59 Å². The van der Waals surface area contributed by atoms with E-state index in [9.17, 15) is 14.4 Å². The minimum absolute atomic E-state index is 0.185. The number of amides is 4. The molecule has 0 saturated carbocycles. The standard InChI is InChI=1S/C22H26N4O3/c1-5-25(4)18(15-10-7-6-8-11-15)19(27)23-16-12-9-13-17(14-16)26-20(28)22(2,3)24-21(26)29/h6-14,18H,5H2,1-4H3,(H,23,27)(H,24,29). The number of anilines is 2. The average molecular weight is 394 g/mol. The predicted octanol–water partition coefficient (Wildman–Crippen LogP) is 3.15. The maximum atomic E-state index is 13.1. The molecule has 0 radical (unpaired) electrons. The molecule has 1 atom stereocenters. The summed E-state index contributed by atoms with van der Waals surface area (Å²) in [5.74, 6) is -0.519. The van der Waals surface area contributed by atoms with E-state index in [0.717, 1.165) is 10.5 Å². The number of likely N-dealkylation sites (N-methyl/N-ethyl adjacent to an activating group) is 1. The summed E-state index contributed by atoms with van der Waals surface area (Å²) in [6, 6.07) is 15.4. The maximum Gasteiger partial charge on any atom is 0.329 e. The lowest BCUT2D eigenvalue weighted by Crippen LogP contribution is -2.40. The van der Waals surface area contributed by atoms with Gasteiger partial charge in [-0.05, 0) is 51.2 Å². The Bertz CT molecular complexity index is 927. The molecule has 3 rings (SSSR count). The van der Waals surface area contributed by atoms with Gasteiger partial charge in [-0.3, -0.25) is 14.5 Å². The second kappa shape index (κ2) is 8.05. The van der Waals surface area contributed by atoms with Crippen molar-refractivity contribution in [2.45, 2.75) is 32.4 Å². The van der Waals surface area contributed by atoms with Gasteiger partial charge in [-0.1, -0.05) is 43.3 Å². The maximum absolute atomic E-state index is 13.1. The highest BCUT2D eigenvalue weighted by atomic mass is 16.2. The highest BCUT2D eigenvalue weighted by Crippen LogP contribution is 2.28. The normalized spacial score (nSPS) is 16.7. The number of hydrogen-bond donors (Lipinski definition) is 2. The zero-order valence-electron chi connectivity index (χ0n) is 17.1. The lowest BCUT2D eigenvalue weighted by molar-refractivity contribution is -0.121. The van der Waals surface area contributed by atoms with Gasteiger partial charge in [0.2, 0.25) is 5.91 Å². The largest absolute Gasteiger partial charge is 0.329 e. The molecule has 1 fully saturated rings. The van der Waals surface area contributed by atoms with E-state index < -0.39 is 17.6 Å². The Morgan fingerprint density at radius 2 is 1.83 bits per heavy atom. The molecule has 0 aromatic heterocycles. The van der Waals surface area contributed by atoms with Gasteiger partial charge >= 0.3 is 6.03 Å². The van der Waals surface area contributed by atoms with E-state index in [4.69, 9.17) is 0 Å². The van der Waals surface area contributed by atoms with Gasteiger partial charge in [-0.2, -0.15) is 0 Å². The van der Waals surface area contributed by atoms with E-state index in [1.807, 2.05) is 49.2 Å². The van der Waals surface area contributed by atoms with E-state index in [2.05, 4.69) is 10.6 Å². The molecule has 29 heavy (non-hydrogen) atoms. The van der Waals surface area contributed by atoms with E-state index in [0.29, 0.717) is 17.9 Å². The number of hydrogen-bond acceptors (Lipinski definition) is 4. The van der Waals surface area contributed by atoms with Gasteiger partial charge in [0, 0.05) is 5.69 Å². The number of urea groups is 1. The van der Waals surface area contributed by atoms with Crippen molar-refractivity contribution in [3.05, 3.63) is 60.2 Å². The fourth-order valence-corrected chi connectivity index (χ4v) is 3.34. The molecular weight excluding hydrogens is 368 g/mol. The fourth-order valence-electron chi connectivity index (χ4n) is 3.34. The first-order chi connectivity index (χ1) is 13.7. The highest BCUT2D eigenvalue weighted by molar-refractivity contribution is 6.23. The number of nitrogens with one attached hydrogen (secondary N) is 2. The Hall–Kier alpha value is -3.19. The molecule has 1 saturated heterocycles. The average Bonchev–Trinajstić information content (AvgIpc) is 2.89. The van der Waals surface area contributed by atoms with Gasteiger partial charge in [0.05, 0.1) is 5.69 Å². The topological polar surface area (TPSA) is 81.8 Å². The van der Waals surface area contributed by atoms with Crippen molar-refractivity contribution in [3.63, 3.8) is 0 Å². The smallest absolute Gasteiger partial charge is 0.324 e. The summed E-state index contributed by atoms with van der Waals surface area (Å²) in [4.78, 5) is 40.9. The van der Waals surface area contributed by atoms with E-state index in [1.165, 1.54) is 0 Å². The molecule has 0 aliphatic carbocycles. The third-order valence-electron chi connectivity index (χ3n) is 5.04. The van der Waals surface area contributed by atoms with Crippen LogP contribution in [0.3, 0.4) is 0 Å². The third kappa shape index (κ3) is 4.14. The summed E-state index contributed by atoms with van der Waals surface area (Å²) in [5, 5.41) is 5.58. The first kappa shape index (κ1) is 20.5. The summed E-state index contributed by atoms with van der Waals surface area (Å²) in [6.45, 7) is 6.00. The van der Waals surface area contributed by atoms with Crippen molar-refractivity contribution < 1.29 is 14.4 Å².